The van der Waals surface area contributed by atoms with Gasteiger partial charge in [0.1, 0.15) is 12.1 Å². The molecule has 0 saturated heterocycles. The highest BCUT2D eigenvalue weighted by atomic mass is 16.6. The fourth-order valence-electron chi connectivity index (χ4n) is 2.02. The summed E-state index contributed by atoms with van der Waals surface area (Å²) in [6, 6.07) is 12.5. The number of benzene rings is 2. The first-order valence-corrected chi connectivity index (χ1v) is 7.12. The summed E-state index contributed by atoms with van der Waals surface area (Å²) in [4.78, 5) is 22.0. The molecule has 0 radical (unpaired) electrons. The molecule has 10 nitrogen and oxygen atoms in total. The van der Waals surface area contributed by atoms with Crippen molar-refractivity contribution in [2.24, 2.45) is 0 Å². The highest BCUT2D eigenvalue weighted by Gasteiger charge is 2.08. The maximum Gasteiger partial charge on any atom is 0.269 e. The number of anilines is 1. The van der Waals surface area contributed by atoms with Crippen LogP contribution in [0.25, 0.3) is 5.69 Å². The molecule has 0 aliphatic heterocycles. The SMILES string of the molecule is O=C(COc1ccc([N+](=O)[O-])cc1)Nc1cccc(-n2cnnn2)c1. The Kier molecular flexibility index (Phi) is 4.60. The van der Waals surface area contributed by atoms with Crippen LogP contribution in [0.3, 0.4) is 0 Å². The van der Waals surface area contributed by atoms with Crippen LogP contribution in [0, 0.1) is 10.1 Å². The lowest BCUT2D eigenvalue weighted by Crippen LogP contribution is -2.20. The number of nitro groups is 1. The van der Waals surface area contributed by atoms with Gasteiger partial charge in [0.2, 0.25) is 0 Å². The molecule has 3 aromatic rings. The third kappa shape index (κ3) is 4.13. The molecular weight excluding hydrogens is 328 g/mol. The topological polar surface area (TPSA) is 125 Å². The minimum Gasteiger partial charge on any atom is -0.484 e. The van der Waals surface area contributed by atoms with Gasteiger partial charge in [-0.05, 0) is 40.8 Å². The van der Waals surface area contributed by atoms with Gasteiger partial charge >= 0.3 is 0 Å². The van der Waals surface area contributed by atoms with Gasteiger partial charge in [-0.25, -0.2) is 4.68 Å². The number of hydrogen-bond donors (Lipinski definition) is 1. The number of amides is 1. The van der Waals surface area contributed by atoms with Gasteiger partial charge in [-0.3, -0.25) is 14.9 Å². The normalized spacial score (nSPS) is 10.2. The molecule has 0 bridgehead atoms. The Morgan fingerprint density at radius 3 is 2.72 bits per heavy atom. The van der Waals surface area contributed by atoms with E-state index in [-0.39, 0.29) is 18.2 Å². The van der Waals surface area contributed by atoms with Crippen molar-refractivity contribution in [1.82, 2.24) is 20.2 Å². The molecule has 0 atom stereocenters. The number of carbonyl (C=O) groups is 1. The van der Waals surface area contributed by atoms with Crippen LogP contribution in [0.4, 0.5) is 11.4 Å². The molecule has 1 N–H and O–H groups in total. The second-order valence-corrected chi connectivity index (χ2v) is 4.89. The molecule has 1 heterocycles. The summed E-state index contributed by atoms with van der Waals surface area (Å²) in [5.74, 6) is -0.00425. The Morgan fingerprint density at radius 1 is 1.24 bits per heavy atom. The largest absolute Gasteiger partial charge is 0.484 e. The van der Waals surface area contributed by atoms with Crippen molar-refractivity contribution in [3.63, 3.8) is 0 Å². The molecule has 126 valence electrons. The summed E-state index contributed by atoms with van der Waals surface area (Å²) in [7, 11) is 0. The standard InChI is InChI=1S/C15H12N6O4/c22-15(9-25-14-6-4-12(5-7-14)21(23)24)17-11-2-1-3-13(8-11)20-10-16-18-19-20/h1-8,10H,9H2,(H,17,22). The lowest BCUT2D eigenvalue weighted by molar-refractivity contribution is -0.384. The summed E-state index contributed by atoms with van der Waals surface area (Å²) in [5, 5.41) is 24.1. The molecule has 0 aliphatic carbocycles. The molecule has 2 aromatic carbocycles. The van der Waals surface area contributed by atoms with Gasteiger partial charge in [0.15, 0.2) is 6.61 Å². The minimum absolute atomic E-state index is 0.0452. The molecule has 1 aromatic heterocycles. The first kappa shape index (κ1) is 16.1. The zero-order valence-corrected chi connectivity index (χ0v) is 12.8. The minimum atomic E-state index is -0.506. The van der Waals surface area contributed by atoms with E-state index in [0.717, 1.165) is 0 Å². The lowest BCUT2D eigenvalue weighted by Gasteiger charge is -2.08. The van der Waals surface area contributed by atoms with E-state index in [1.807, 2.05) is 0 Å². The van der Waals surface area contributed by atoms with Gasteiger partial charge < -0.3 is 10.1 Å². The Hall–Kier alpha value is -3.82. The molecule has 0 aliphatic rings. The lowest BCUT2D eigenvalue weighted by atomic mass is 10.3. The van der Waals surface area contributed by atoms with Crippen LogP contribution in [-0.4, -0.2) is 37.6 Å². The predicted molar refractivity (Wildman–Crippen MR) is 86.4 cm³/mol. The van der Waals surface area contributed by atoms with Crippen LogP contribution >= 0.6 is 0 Å². The highest BCUT2D eigenvalue weighted by molar-refractivity contribution is 5.92. The number of nitro benzene ring substituents is 1. The second kappa shape index (κ2) is 7.17. The molecular formula is C15H12N6O4. The molecule has 3 rings (SSSR count). The van der Waals surface area contributed by atoms with Gasteiger partial charge in [-0.2, -0.15) is 0 Å². The number of aromatic nitrogens is 4. The number of nitrogens with one attached hydrogen (secondary N) is 1. The molecule has 10 heteroatoms. The smallest absolute Gasteiger partial charge is 0.269 e. The van der Waals surface area contributed by atoms with Crippen LogP contribution in [0.15, 0.2) is 54.9 Å². The molecule has 0 fully saturated rings. The Balaban J connectivity index is 1.57. The maximum atomic E-state index is 12.0. The van der Waals surface area contributed by atoms with Crippen molar-refractivity contribution in [3.8, 4) is 11.4 Å². The highest BCUT2D eigenvalue weighted by Crippen LogP contribution is 2.17. The Morgan fingerprint density at radius 2 is 2.04 bits per heavy atom. The first-order valence-electron chi connectivity index (χ1n) is 7.12. The van der Waals surface area contributed by atoms with Gasteiger partial charge in [0.05, 0.1) is 10.6 Å². The zero-order valence-electron chi connectivity index (χ0n) is 12.8. The number of carbonyl (C=O) groups excluding carboxylic acids is 1. The van der Waals surface area contributed by atoms with E-state index in [1.165, 1.54) is 35.3 Å². The number of nitrogens with zero attached hydrogens (tertiary/aromatic N) is 5. The number of hydrogen-bond acceptors (Lipinski definition) is 7. The average molecular weight is 340 g/mol. The van der Waals surface area contributed by atoms with Crippen LogP contribution in [0.2, 0.25) is 0 Å². The molecule has 1 amide bonds. The molecule has 0 saturated carbocycles. The van der Waals surface area contributed by atoms with E-state index in [1.54, 1.807) is 24.3 Å². The predicted octanol–water partition coefficient (Wildman–Crippen LogP) is 1.59. The fraction of sp³-hybridized carbons (Fsp3) is 0.0667. The van der Waals surface area contributed by atoms with Gasteiger partial charge in [0, 0.05) is 17.8 Å². The fourth-order valence-corrected chi connectivity index (χ4v) is 2.02. The second-order valence-electron chi connectivity index (χ2n) is 4.89. The molecule has 0 unspecified atom stereocenters. The summed E-state index contributed by atoms with van der Waals surface area (Å²) < 4.78 is 6.77. The third-order valence-electron chi connectivity index (χ3n) is 3.16. The van der Waals surface area contributed by atoms with Gasteiger partial charge in [0.25, 0.3) is 11.6 Å². The van der Waals surface area contributed by atoms with Crippen LogP contribution in [0.5, 0.6) is 5.75 Å². The van der Waals surface area contributed by atoms with E-state index in [9.17, 15) is 14.9 Å². The zero-order chi connectivity index (χ0) is 17.6. The number of rotatable bonds is 6. The molecule has 0 spiro atoms. The van der Waals surface area contributed by atoms with Crippen molar-refractivity contribution in [2.75, 3.05) is 11.9 Å². The van der Waals surface area contributed by atoms with E-state index in [0.29, 0.717) is 17.1 Å². The van der Waals surface area contributed by atoms with Crippen molar-refractivity contribution >= 4 is 17.3 Å². The Bertz CT molecular complexity index is 879. The summed E-state index contributed by atoms with van der Waals surface area (Å²) >= 11 is 0. The van der Waals surface area contributed by atoms with E-state index < -0.39 is 4.92 Å². The summed E-state index contributed by atoms with van der Waals surface area (Å²) in [5.41, 5.74) is 1.21. The van der Waals surface area contributed by atoms with Crippen LogP contribution in [0.1, 0.15) is 0 Å². The van der Waals surface area contributed by atoms with Crippen molar-refractivity contribution in [1.29, 1.82) is 0 Å². The average Bonchev–Trinajstić information content (AvgIpc) is 3.15. The van der Waals surface area contributed by atoms with Crippen molar-refractivity contribution < 1.29 is 14.5 Å². The van der Waals surface area contributed by atoms with Gasteiger partial charge in [-0.15, -0.1) is 5.10 Å². The first-order chi connectivity index (χ1) is 12.1. The monoisotopic (exact) mass is 340 g/mol. The number of ether oxygens (including phenoxy) is 1. The molecule has 25 heavy (non-hydrogen) atoms. The number of non-ortho nitro benzene ring substituents is 1. The third-order valence-corrected chi connectivity index (χ3v) is 3.16. The number of tetrazole rings is 1. The Labute approximate surface area is 141 Å². The van der Waals surface area contributed by atoms with Crippen molar-refractivity contribution in [2.45, 2.75) is 0 Å². The quantitative estimate of drug-likeness (QED) is 0.533. The van der Waals surface area contributed by atoms with Crippen molar-refractivity contribution in [3.05, 3.63) is 65.0 Å². The van der Waals surface area contributed by atoms with E-state index >= 15 is 0 Å². The van der Waals surface area contributed by atoms with Gasteiger partial charge in [-0.1, -0.05) is 6.07 Å². The van der Waals surface area contributed by atoms with Crippen LogP contribution in [-0.2, 0) is 4.79 Å². The summed E-state index contributed by atoms with van der Waals surface area (Å²) in [6.07, 6.45) is 1.44. The van der Waals surface area contributed by atoms with E-state index in [2.05, 4.69) is 20.8 Å². The van der Waals surface area contributed by atoms with Crippen LogP contribution < -0.4 is 10.1 Å². The summed E-state index contributed by atoms with van der Waals surface area (Å²) in [6.45, 7) is -0.229. The maximum absolute atomic E-state index is 12.0. The van der Waals surface area contributed by atoms with E-state index in [4.69, 9.17) is 4.74 Å².